The van der Waals surface area contributed by atoms with Crippen LogP contribution in [0.4, 0.5) is 0 Å². The van der Waals surface area contributed by atoms with Gasteiger partial charge in [0.2, 0.25) is 0 Å². The highest BCUT2D eigenvalue weighted by atomic mass is 14.4. The van der Waals surface area contributed by atoms with Crippen molar-refractivity contribution in [2.24, 2.45) is 23.7 Å². The zero-order valence-corrected chi connectivity index (χ0v) is 7.19. The Hall–Kier alpha value is -0.780. The fourth-order valence-electron chi connectivity index (χ4n) is 2.75. The van der Waals surface area contributed by atoms with Gasteiger partial charge in [-0.3, -0.25) is 0 Å². The Morgan fingerprint density at radius 3 is 2.58 bits per heavy atom. The van der Waals surface area contributed by atoms with Crippen molar-refractivity contribution in [3.05, 3.63) is 36.5 Å². The van der Waals surface area contributed by atoms with Gasteiger partial charge in [-0.05, 0) is 30.6 Å². The maximum Gasteiger partial charge on any atom is 0.00153 e. The molecular formula is C12H14. The summed E-state index contributed by atoms with van der Waals surface area (Å²) in [6.07, 6.45) is 17.2. The summed E-state index contributed by atoms with van der Waals surface area (Å²) in [6, 6.07) is 0. The SMILES string of the molecule is C1=C[C@@H]2C=C[C@@H]3CC[C@H]1C=C[C@@H]23. The van der Waals surface area contributed by atoms with Crippen molar-refractivity contribution in [1.82, 2.24) is 0 Å². The molecule has 0 fully saturated rings. The zero-order valence-electron chi connectivity index (χ0n) is 7.19. The molecule has 62 valence electrons. The maximum atomic E-state index is 2.45. The van der Waals surface area contributed by atoms with Crippen LogP contribution in [0.25, 0.3) is 0 Å². The van der Waals surface area contributed by atoms with Gasteiger partial charge in [0.25, 0.3) is 0 Å². The smallest absolute Gasteiger partial charge is 0.00153 e. The van der Waals surface area contributed by atoms with E-state index in [9.17, 15) is 0 Å². The first kappa shape index (κ1) is 6.71. The van der Waals surface area contributed by atoms with Gasteiger partial charge in [0.05, 0.1) is 0 Å². The first-order valence-electron chi connectivity index (χ1n) is 4.98. The van der Waals surface area contributed by atoms with Crippen LogP contribution in [-0.2, 0) is 0 Å². The Bertz CT molecular complexity index is 270. The topological polar surface area (TPSA) is 0 Å². The molecule has 0 spiro atoms. The minimum Gasteiger partial charge on any atom is -0.0842 e. The molecule has 0 saturated carbocycles. The highest BCUT2D eigenvalue weighted by molar-refractivity contribution is 5.24. The first-order chi connectivity index (χ1) is 5.93. The Kier molecular flexibility index (Phi) is 1.31. The second-order valence-corrected chi connectivity index (χ2v) is 4.21. The normalized spacial score (nSPS) is 48.0. The summed E-state index contributed by atoms with van der Waals surface area (Å²) in [7, 11) is 0. The molecule has 0 unspecified atom stereocenters. The molecule has 4 atom stereocenters. The van der Waals surface area contributed by atoms with Gasteiger partial charge in [-0.2, -0.15) is 0 Å². The zero-order chi connectivity index (χ0) is 7.97. The molecule has 12 heavy (non-hydrogen) atoms. The average Bonchev–Trinajstić information content (AvgIpc) is 2.26. The average molecular weight is 158 g/mol. The van der Waals surface area contributed by atoms with Gasteiger partial charge in [0.15, 0.2) is 0 Å². The van der Waals surface area contributed by atoms with Crippen molar-refractivity contribution in [2.45, 2.75) is 12.8 Å². The number of rotatable bonds is 0. The number of hydrogen-bond donors (Lipinski definition) is 0. The van der Waals surface area contributed by atoms with E-state index in [1.807, 2.05) is 0 Å². The summed E-state index contributed by atoms with van der Waals surface area (Å²) in [5, 5.41) is 0. The van der Waals surface area contributed by atoms with E-state index >= 15 is 0 Å². The molecule has 0 nitrogen and oxygen atoms in total. The van der Waals surface area contributed by atoms with Crippen LogP contribution >= 0.6 is 0 Å². The Labute approximate surface area is 73.7 Å². The van der Waals surface area contributed by atoms with E-state index < -0.39 is 0 Å². The highest BCUT2D eigenvalue weighted by Gasteiger charge is 2.31. The van der Waals surface area contributed by atoms with Crippen molar-refractivity contribution in [3.8, 4) is 0 Å². The Balaban J connectivity index is 2.08. The van der Waals surface area contributed by atoms with Crippen molar-refractivity contribution < 1.29 is 0 Å². The fraction of sp³-hybridized carbons (Fsp3) is 0.500. The number of hydrogen-bond acceptors (Lipinski definition) is 0. The molecule has 0 saturated heterocycles. The lowest BCUT2D eigenvalue weighted by atomic mass is 9.85. The second-order valence-electron chi connectivity index (χ2n) is 4.21. The summed E-state index contributed by atoms with van der Waals surface area (Å²) < 4.78 is 0. The molecule has 0 radical (unpaired) electrons. The molecule has 3 aliphatic rings. The summed E-state index contributed by atoms with van der Waals surface area (Å²) >= 11 is 0. The molecule has 2 bridgehead atoms. The van der Waals surface area contributed by atoms with Gasteiger partial charge in [0.1, 0.15) is 0 Å². The van der Waals surface area contributed by atoms with Crippen LogP contribution < -0.4 is 0 Å². The van der Waals surface area contributed by atoms with Crippen LogP contribution in [0, 0.1) is 23.7 Å². The standard InChI is InChI=1S/C12H14/c1-4-10-6-7-11-5-2-9(1)3-8-12(10)11/h1,3-4,6-12H,2,5H2/t9-,10+,11-,12-/m0/s1. The van der Waals surface area contributed by atoms with Crippen molar-refractivity contribution in [3.63, 3.8) is 0 Å². The van der Waals surface area contributed by atoms with Gasteiger partial charge in [-0.1, -0.05) is 36.5 Å². The summed E-state index contributed by atoms with van der Waals surface area (Å²) in [6.45, 7) is 0. The second kappa shape index (κ2) is 2.35. The lowest BCUT2D eigenvalue weighted by molar-refractivity contribution is 0.414. The van der Waals surface area contributed by atoms with Crippen LogP contribution in [0.2, 0.25) is 0 Å². The van der Waals surface area contributed by atoms with E-state index in [0.29, 0.717) is 0 Å². The lowest BCUT2D eigenvalue weighted by Crippen LogP contribution is -2.12. The molecule has 0 aromatic heterocycles. The molecule has 0 heteroatoms. The van der Waals surface area contributed by atoms with E-state index in [1.54, 1.807) is 0 Å². The van der Waals surface area contributed by atoms with Crippen molar-refractivity contribution in [1.29, 1.82) is 0 Å². The quantitative estimate of drug-likeness (QED) is 0.475. The predicted molar refractivity (Wildman–Crippen MR) is 50.6 cm³/mol. The van der Waals surface area contributed by atoms with Crippen LogP contribution in [-0.4, -0.2) is 0 Å². The number of fused-ring (bicyclic) bond motifs is 1. The molecule has 3 aliphatic carbocycles. The van der Waals surface area contributed by atoms with E-state index in [1.165, 1.54) is 12.8 Å². The van der Waals surface area contributed by atoms with Crippen LogP contribution in [0.15, 0.2) is 36.5 Å². The van der Waals surface area contributed by atoms with Crippen LogP contribution in [0.3, 0.4) is 0 Å². The predicted octanol–water partition coefficient (Wildman–Crippen LogP) is 2.94. The van der Waals surface area contributed by atoms with E-state index in [-0.39, 0.29) is 0 Å². The minimum absolute atomic E-state index is 0.719. The Morgan fingerprint density at radius 1 is 0.750 bits per heavy atom. The summed E-state index contributed by atoms with van der Waals surface area (Å²) in [5.41, 5.74) is 0. The molecule has 0 aromatic carbocycles. The fourth-order valence-corrected chi connectivity index (χ4v) is 2.75. The molecule has 0 heterocycles. The Morgan fingerprint density at radius 2 is 1.58 bits per heavy atom. The third-order valence-corrected chi connectivity index (χ3v) is 3.51. The van der Waals surface area contributed by atoms with Crippen molar-refractivity contribution >= 4 is 0 Å². The molecular weight excluding hydrogens is 144 g/mol. The molecule has 0 N–H and O–H groups in total. The van der Waals surface area contributed by atoms with Gasteiger partial charge in [0, 0.05) is 5.92 Å². The van der Waals surface area contributed by atoms with Crippen LogP contribution in [0.1, 0.15) is 12.8 Å². The van der Waals surface area contributed by atoms with E-state index in [2.05, 4.69) is 36.5 Å². The monoisotopic (exact) mass is 158 g/mol. The molecule has 0 amide bonds. The highest BCUT2D eigenvalue weighted by Crippen LogP contribution is 2.41. The first-order valence-corrected chi connectivity index (χ1v) is 4.98. The summed E-state index contributed by atoms with van der Waals surface area (Å²) in [5.74, 6) is 3.11. The minimum atomic E-state index is 0.719. The molecule has 0 aliphatic heterocycles. The maximum absolute atomic E-state index is 2.45. The van der Waals surface area contributed by atoms with Crippen LogP contribution in [0.5, 0.6) is 0 Å². The third kappa shape index (κ3) is 0.841. The van der Waals surface area contributed by atoms with E-state index in [0.717, 1.165) is 23.7 Å². The van der Waals surface area contributed by atoms with Gasteiger partial charge >= 0.3 is 0 Å². The van der Waals surface area contributed by atoms with Gasteiger partial charge in [-0.25, -0.2) is 0 Å². The van der Waals surface area contributed by atoms with E-state index in [4.69, 9.17) is 0 Å². The van der Waals surface area contributed by atoms with Gasteiger partial charge in [-0.15, -0.1) is 0 Å². The largest absolute Gasteiger partial charge is 0.0842 e. The van der Waals surface area contributed by atoms with Gasteiger partial charge < -0.3 is 0 Å². The van der Waals surface area contributed by atoms with Crippen molar-refractivity contribution in [2.75, 3.05) is 0 Å². The molecule has 0 aromatic rings. The third-order valence-electron chi connectivity index (χ3n) is 3.51. The lowest BCUT2D eigenvalue weighted by Gasteiger charge is -2.19. The number of allylic oxidation sites excluding steroid dienone is 6. The summed E-state index contributed by atoms with van der Waals surface area (Å²) in [4.78, 5) is 0. The molecule has 3 rings (SSSR count).